The normalized spacial score (nSPS) is 13.8. The Morgan fingerprint density at radius 2 is 1.30 bits per heavy atom. The molecule has 1 aliphatic heterocycles. The van der Waals surface area contributed by atoms with Gasteiger partial charge in [-0.05, 0) is 36.4 Å². The number of carbonyl (C=O) groups excluding carboxylic acids is 2. The predicted molar refractivity (Wildman–Crippen MR) is 113 cm³/mol. The zero-order valence-electron chi connectivity index (χ0n) is 16.7. The van der Waals surface area contributed by atoms with E-state index in [1.165, 1.54) is 0 Å². The Balaban J connectivity index is 1.29. The fourth-order valence-corrected chi connectivity index (χ4v) is 3.08. The molecule has 160 valence electrons. The molecule has 2 aromatic rings. The minimum Gasteiger partial charge on any atom is -0.491 e. The number of hydrogen-bond donors (Lipinski definition) is 0. The smallest absolute Gasteiger partial charge is 0.260 e. The lowest BCUT2D eigenvalue weighted by Gasteiger charge is -2.34. The van der Waals surface area contributed by atoms with E-state index >= 15 is 0 Å². The lowest BCUT2D eigenvalue weighted by atomic mass is 10.3. The van der Waals surface area contributed by atoms with Gasteiger partial charge in [-0.2, -0.15) is 0 Å². The van der Waals surface area contributed by atoms with Crippen LogP contribution < -0.4 is 9.47 Å². The SMILES string of the molecule is O=C(COCCOc1ccccc1)N1CCN(C(=O)COc2ccc(Cl)cc2)CC1. The van der Waals surface area contributed by atoms with Crippen LogP contribution in [0, 0.1) is 0 Å². The lowest BCUT2D eigenvalue weighted by Crippen LogP contribution is -2.52. The first-order chi connectivity index (χ1) is 14.6. The fraction of sp³-hybridized carbons (Fsp3) is 0.364. The lowest BCUT2D eigenvalue weighted by molar-refractivity contribution is -0.143. The number of carbonyl (C=O) groups is 2. The summed E-state index contributed by atoms with van der Waals surface area (Å²) in [4.78, 5) is 28.0. The molecule has 1 saturated heterocycles. The van der Waals surface area contributed by atoms with E-state index in [0.717, 1.165) is 5.75 Å². The Hall–Kier alpha value is -2.77. The van der Waals surface area contributed by atoms with Crippen LogP contribution in [0.1, 0.15) is 0 Å². The Labute approximate surface area is 181 Å². The highest BCUT2D eigenvalue weighted by molar-refractivity contribution is 6.30. The van der Waals surface area contributed by atoms with E-state index in [1.807, 2.05) is 30.3 Å². The number of para-hydroxylation sites is 1. The molecule has 0 saturated carbocycles. The fourth-order valence-electron chi connectivity index (χ4n) is 2.96. The summed E-state index contributed by atoms with van der Waals surface area (Å²) in [6.07, 6.45) is 0. The highest BCUT2D eigenvalue weighted by Crippen LogP contribution is 2.15. The maximum atomic E-state index is 12.3. The average molecular weight is 433 g/mol. The molecule has 0 aliphatic carbocycles. The molecule has 0 atom stereocenters. The Kier molecular flexibility index (Phi) is 8.35. The Bertz CT molecular complexity index is 808. The summed E-state index contributed by atoms with van der Waals surface area (Å²) in [6.45, 7) is 2.60. The second kappa shape index (κ2) is 11.4. The van der Waals surface area contributed by atoms with Crippen molar-refractivity contribution in [1.29, 1.82) is 0 Å². The molecule has 1 fully saturated rings. The standard InChI is InChI=1S/C22H25ClN2O5/c23-18-6-8-20(9-7-18)30-17-22(27)25-12-10-24(11-13-25)21(26)16-28-14-15-29-19-4-2-1-3-5-19/h1-9H,10-17H2. The van der Waals surface area contributed by atoms with Gasteiger partial charge >= 0.3 is 0 Å². The summed E-state index contributed by atoms with van der Waals surface area (Å²) in [7, 11) is 0. The van der Waals surface area contributed by atoms with Crippen molar-refractivity contribution in [1.82, 2.24) is 9.80 Å². The molecule has 0 bridgehead atoms. The van der Waals surface area contributed by atoms with Gasteiger partial charge in [-0.25, -0.2) is 0 Å². The summed E-state index contributed by atoms with van der Waals surface area (Å²) in [6, 6.07) is 16.3. The highest BCUT2D eigenvalue weighted by atomic mass is 35.5. The maximum Gasteiger partial charge on any atom is 0.260 e. The number of halogens is 1. The second-order valence-electron chi connectivity index (χ2n) is 6.72. The largest absolute Gasteiger partial charge is 0.491 e. The molecule has 30 heavy (non-hydrogen) atoms. The van der Waals surface area contributed by atoms with E-state index in [2.05, 4.69) is 0 Å². The zero-order valence-corrected chi connectivity index (χ0v) is 17.4. The number of benzene rings is 2. The van der Waals surface area contributed by atoms with E-state index in [0.29, 0.717) is 50.2 Å². The number of piperazine rings is 1. The first kappa shape index (κ1) is 21.9. The summed E-state index contributed by atoms with van der Waals surface area (Å²) in [5.74, 6) is 1.17. The van der Waals surface area contributed by atoms with Crippen molar-refractivity contribution in [2.24, 2.45) is 0 Å². The molecular formula is C22H25ClN2O5. The summed E-state index contributed by atoms with van der Waals surface area (Å²) in [5.41, 5.74) is 0. The van der Waals surface area contributed by atoms with Gasteiger partial charge < -0.3 is 24.0 Å². The average Bonchev–Trinajstić information content (AvgIpc) is 2.79. The number of ether oxygens (including phenoxy) is 3. The van der Waals surface area contributed by atoms with Crippen molar-refractivity contribution in [2.75, 3.05) is 52.6 Å². The molecule has 0 spiro atoms. The van der Waals surface area contributed by atoms with E-state index in [-0.39, 0.29) is 25.0 Å². The van der Waals surface area contributed by atoms with Crippen LogP contribution in [0.2, 0.25) is 5.02 Å². The van der Waals surface area contributed by atoms with E-state index in [4.69, 9.17) is 25.8 Å². The van der Waals surface area contributed by atoms with Crippen LogP contribution in [0.25, 0.3) is 0 Å². The Morgan fingerprint density at radius 1 is 0.733 bits per heavy atom. The van der Waals surface area contributed by atoms with Gasteiger partial charge in [-0.1, -0.05) is 29.8 Å². The van der Waals surface area contributed by atoms with Crippen LogP contribution in [0.15, 0.2) is 54.6 Å². The first-order valence-electron chi connectivity index (χ1n) is 9.81. The number of nitrogens with zero attached hydrogens (tertiary/aromatic N) is 2. The van der Waals surface area contributed by atoms with Crippen molar-refractivity contribution in [2.45, 2.75) is 0 Å². The third-order valence-corrected chi connectivity index (χ3v) is 4.88. The monoisotopic (exact) mass is 432 g/mol. The summed E-state index contributed by atoms with van der Waals surface area (Å²) in [5, 5.41) is 0.613. The van der Waals surface area contributed by atoms with Gasteiger partial charge in [0.25, 0.3) is 5.91 Å². The zero-order chi connectivity index (χ0) is 21.2. The summed E-state index contributed by atoms with van der Waals surface area (Å²) >= 11 is 5.83. The van der Waals surface area contributed by atoms with E-state index in [1.54, 1.807) is 34.1 Å². The van der Waals surface area contributed by atoms with Gasteiger partial charge in [0.1, 0.15) is 24.7 Å². The van der Waals surface area contributed by atoms with Crippen LogP contribution in [-0.2, 0) is 14.3 Å². The van der Waals surface area contributed by atoms with Gasteiger partial charge in [0.15, 0.2) is 6.61 Å². The van der Waals surface area contributed by atoms with Crippen molar-refractivity contribution in [3.05, 3.63) is 59.6 Å². The summed E-state index contributed by atoms with van der Waals surface area (Å²) < 4.78 is 16.4. The second-order valence-corrected chi connectivity index (χ2v) is 7.15. The quantitative estimate of drug-likeness (QED) is 0.569. The number of hydrogen-bond acceptors (Lipinski definition) is 5. The Morgan fingerprint density at radius 3 is 1.93 bits per heavy atom. The van der Waals surface area contributed by atoms with Crippen molar-refractivity contribution in [3.8, 4) is 11.5 Å². The van der Waals surface area contributed by atoms with Crippen molar-refractivity contribution >= 4 is 23.4 Å². The third-order valence-electron chi connectivity index (χ3n) is 4.63. The van der Waals surface area contributed by atoms with E-state index in [9.17, 15) is 9.59 Å². The van der Waals surface area contributed by atoms with Crippen molar-refractivity contribution < 1.29 is 23.8 Å². The van der Waals surface area contributed by atoms with Gasteiger partial charge in [0.05, 0.1) is 6.61 Å². The first-order valence-corrected chi connectivity index (χ1v) is 10.2. The highest BCUT2D eigenvalue weighted by Gasteiger charge is 2.24. The van der Waals surface area contributed by atoms with Crippen LogP contribution in [-0.4, -0.2) is 74.2 Å². The van der Waals surface area contributed by atoms with Gasteiger partial charge in [-0.3, -0.25) is 9.59 Å². The molecule has 8 heteroatoms. The van der Waals surface area contributed by atoms with Gasteiger partial charge in [0.2, 0.25) is 5.91 Å². The van der Waals surface area contributed by atoms with E-state index < -0.39 is 0 Å². The topological polar surface area (TPSA) is 68.3 Å². The molecule has 0 radical (unpaired) electrons. The third kappa shape index (κ3) is 6.93. The molecule has 7 nitrogen and oxygen atoms in total. The molecule has 0 unspecified atom stereocenters. The van der Waals surface area contributed by atoms with Gasteiger partial charge in [0, 0.05) is 31.2 Å². The number of amides is 2. The van der Waals surface area contributed by atoms with Crippen LogP contribution in [0.4, 0.5) is 0 Å². The molecule has 2 aromatic carbocycles. The molecule has 2 amide bonds. The molecular weight excluding hydrogens is 408 g/mol. The van der Waals surface area contributed by atoms with Crippen LogP contribution in [0.5, 0.6) is 11.5 Å². The van der Waals surface area contributed by atoms with Crippen LogP contribution >= 0.6 is 11.6 Å². The predicted octanol–water partition coefficient (Wildman–Crippen LogP) is 2.49. The maximum absolute atomic E-state index is 12.3. The van der Waals surface area contributed by atoms with Crippen molar-refractivity contribution in [3.63, 3.8) is 0 Å². The minimum absolute atomic E-state index is 0.00573. The molecule has 1 aliphatic rings. The molecule has 3 rings (SSSR count). The molecule has 1 heterocycles. The molecule has 0 N–H and O–H groups in total. The van der Waals surface area contributed by atoms with Gasteiger partial charge in [-0.15, -0.1) is 0 Å². The minimum atomic E-state index is -0.105. The van der Waals surface area contributed by atoms with Crippen LogP contribution in [0.3, 0.4) is 0 Å². The molecule has 0 aromatic heterocycles. The number of rotatable bonds is 9.